The highest BCUT2D eigenvalue weighted by atomic mass is 16.5. The molecule has 0 unspecified atom stereocenters. The lowest BCUT2D eigenvalue weighted by atomic mass is 10.1. The minimum Gasteiger partial charge on any atom is -0.507 e. The van der Waals surface area contributed by atoms with E-state index in [0.29, 0.717) is 18.5 Å². The summed E-state index contributed by atoms with van der Waals surface area (Å²) >= 11 is 0. The van der Waals surface area contributed by atoms with Crippen molar-refractivity contribution in [2.45, 2.75) is 13.3 Å². The van der Waals surface area contributed by atoms with E-state index in [4.69, 9.17) is 4.74 Å². The third-order valence-corrected chi connectivity index (χ3v) is 1.95. The van der Waals surface area contributed by atoms with Crippen LogP contribution in [0.15, 0.2) is 18.2 Å². The molecule has 1 rings (SSSR count). The Morgan fingerprint density at radius 1 is 1.53 bits per heavy atom. The number of phenolic OH excluding ortho intramolecular Hbond substituents is 1. The minimum absolute atomic E-state index is 0.0690. The largest absolute Gasteiger partial charge is 0.507 e. The summed E-state index contributed by atoms with van der Waals surface area (Å²) in [5.74, 6) is 4.64. The van der Waals surface area contributed by atoms with Crippen LogP contribution in [0.1, 0.15) is 29.3 Å². The first-order valence-electron chi connectivity index (χ1n) is 5.10. The molecular weight excluding hydrogens is 220 g/mol. The Hall–Kier alpha value is -2.28. The highest BCUT2D eigenvalue weighted by molar-refractivity contribution is 5.81. The Labute approximate surface area is 99.2 Å². The number of aldehydes is 1. The van der Waals surface area contributed by atoms with Crippen molar-refractivity contribution >= 4 is 12.3 Å². The first-order valence-corrected chi connectivity index (χ1v) is 5.10. The van der Waals surface area contributed by atoms with Crippen LogP contribution in [0.5, 0.6) is 5.75 Å². The zero-order valence-electron chi connectivity index (χ0n) is 9.40. The van der Waals surface area contributed by atoms with Crippen LogP contribution in [0.2, 0.25) is 0 Å². The lowest BCUT2D eigenvalue weighted by Crippen LogP contribution is -2.01. The Bertz CT molecular complexity index is 480. The number of hydrogen-bond acceptors (Lipinski definition) is 4. The number of esters is 1. The van der Waals surface area contributed by atoms with E-state index in [2.05, 4.69) is 11.8 Å². The molecule has 4 nitrogen and oxygen atoms in total. The number of rotatable bonds is 3. The van der Waals surface area contributed by atoms with Gasteiger partial charge in [-0.1, -0.05) is 24.0 Å². The van der Waals surface area contributed by atoms with E-state index in [1.54, 1.807) is 19.1 Å². The fourth-order valence-electron chi connectivity index (χ4n) is 1.21. The van der Waals surface area contributed by atoms with Crippen LogP contribution in [-0.2, 0) is 9.53 Å². The van der Waals surface area contributed by atoms with Crippen molar-refractivity contribution in [1.29, 1.82) is 0 Å². The van der Waals surface area contributed by atoms with Crippen molar-refractivity contribution in [1.82, 2.24) is 0 Å². The summed E-state index contributed by atoms with van der Waals surface area (Å²) in [6.45, 7) is 2.01. The van der Waals surface area contributed by atoms with Crippen LogP contribution in [0.4, 0.5) is 0 Å². The lowest BCUT2D eigenvalue weighted by Gasteiger charge is -1.99. The molecule has 17 heavy (non-hydrogen) atoms. The van der Waals surface area contributed by atoms with E-state index in [1.807, 2.05) is 0 Å². The zero-order valence-corrected chi connectivity index (χ0v) is 9.40. The van der Waals surface area contributed by atoms with Crippen LogP contribution >= 0.6 is 0 Å². The van der Waals surface area contributed by atoms with Crippen molar-refractivity contribution in [3.05, 3.63) is 29.3 Å². The van der Waals surface area contributed by atoms with Gasteiger partial charge in [-0.15, -0.1) is 0 Å². The molecule has 0 aliphatic heterocycles. The molecule has 0 heterocycles. The number of phenols is 1. The first-order chi connectivity index (χ1) is 8.19. The summed E-state index contributed by atoms with van der Waals surface area (Å²) in [4.78, 5) is 21.7. The number of ether oxygens (including phenoxy) is 1. The second-order valence-corrected chi connectivity index (χ2v) is 3.14. The van der Waals surface area contributed by atoms with Crippen molar-refractivity contribution in [2.24, 2.45) is 0 Å². The highest BCUT2D eigenvalue weighted by Gasteiger charge is 2.04. The van der Waals surface area contributed by atoms with Gasteiger partial charge in [0.05, 0.1) is 12.2 Å². The number of carbonyl (C=O) groups is 2. The van der Waals surface area contributed by atoms with Crippen LogP contribution < -0.4 is 0 Å². The highest BCUT2D eigenvalue weighted by Crippen LogP contribution is 2.18. The molecule has 0 radical (unpaired) electrons. The second kappa shape index (κ2) is 6.33. The van der Waals surface area contributed by atoms with Crippen LogP contribution in [0.25, 0.3) is 0 Å². The van der Waals surface area contributed by atoms with Gasteiger partial charge in [0.1, 0.15) is 12.2 Å². The molecule has 0 bridgehead atoms. The average molecular weight is 232 g/mol. The van der Waals surface area contributed by atoms with Gasteiger partial charge in [0.25, 0.3) is 0 Å². The van der Waals surface area contributed by atoms with E-state index in [1.165, 1.54) is 6.07 Å². The summed E-state index contributed by atoms with van der Waals surface area (Å²) in [5, 5.41) is 9.51. The third-order valence-electron chi connectivity index (χ3n) is 1.95. The maximum absolute atomic E-state index is 11.0. The maximum atomic E-state index is 11.0. The van der Waals surface area contributed by atoms with Crippen molar-refractivity contribution in [2.75, 3.05) is 6.61 Å². The normalized spacial score (nSPS) is 9.00. The molecule has 1 aromatic rings. The van der Waals surface area contributed by atoms with E-state index in [0.717, 1.165) is 0 Å². The second-order valence-electron chi connectivity index (χ2n) is 3.14. The Balaban J connectivity index is 2.84. The molecule has 88 valence electrons. The van der Waals surface area contributed by atoms with E-state index in [9.17, 15) is 14.7 Å². The average Bonchev–Trinajstić information content (AvgIpc) is 2.31. The van der Waals surface area contributed by atoms with Crippen molar-refractivity contribution < 1.29 is 19.4 Å². The van der Waals surface area contributed by atoms with Crippen molar-refractivity contribution in [3.8, 4) is 17.6 Å². The predicted octanol–water partition coefficient (Wildman–Crippen LogP) is 1.51. The molecule has 0 aromatic heterocycles. The molecule has 1 N–H and O–H groups in total. The topological polar surface area (TPSA) is 63.6 Å². The van der Waals surface area contributed by atoms with Gasteiger partial charge in [0.2, 0.25) is 0 Å². The summed E-state index contributed by atoms with van der Waals surface area (Å²) in [7, 11) is 0. The van der Waals surface area contributed by atoms with E-state index >= 15 is 0 Å². The third kappa shape index (κ3) is 3.65. The summed E-state index contributed by atoms with van der Waals surface area (Å²) in [6.07, 6.45) is 0.536. The smallest absolute Gasteiger partial charge is 0.317 e. The molecule has 4 heteroatoms. The summed E-state index contributed by atoms with van der Waals surface area (Å²) < 4.78 is 4.69. The molecule has 1 aromatic carbocycles. The molecule has 0 aliphatic carbocycles. The van der Waals surface area contributed by atoms with Gasteiger partial charge in [-0.3, -0.25) is 9.59 Å². The summed E-state index contributed by atoms with van der Waals surface area (Å²) in [6, 6.07) is 4.53. The Morgan fingerprint density at radius 2 is 2.29 bits per heavy atom. The number of carbonyl (C=O) groups excluding carboxylic acids is 2. The maximum Gasteiger partial charge on any atom is 0.317 e. The summed E-state index contributed by atoms with van der Waals surface area (Å²) in [5.41, 5.74) is 0.521. The van der Waals surface area contributed by atoms with Gasteiger partial charge in [-0.05, 0) is 13.0 Å². The standard InChI is InChI=1S/C13H12O4/c1-2-17-13(16)8-4-6-11-10(9-14)5-3-7-12(11)15/h3,5,7,9,15H,2,8H2,1H3. The molecule has 0 saturated heterocycles. The number of hydrogen-bond donors (Lipinski definition) is 1. The van der Waals surface area contributed by atoms with E-state index < -0.39 is 5.97 Å². The van der Waals surface area contributed by atoms with Crippen molar-refractivity contribution in [3.63, 3.8) is 0 Å². The molecule has 0 fully saturated rings. The molecule has 0 saturated carbocycles. The fraction of sp³-hybridized carbons (Fsp3) is 0.231. The molecule has 0 amide bonds. The quantitative estimate of drug-likeness (QED) is 0.487. The first kappa shape index (κ1) is 12.8. The van der Waals surface area contributed by atoms with Gasteiger partial charge < -0.3 is 9.84 Å². The fourth-order valence-corrected chi connectivity index (χ4v) is 1.21. The zero-order chi connectivity index (χ0) is 12.7. The van der Waals surface area contributed by atoms with Crippen LogP contribution in [0.3, 0.4) is 0 Å². The van der Waals surface area contributed by atoms with Gasteiger partial charge in [0, 0.05) is 5.56 Å². The van der Waals surface area contributed by atoms with Crippen LogP contribution in [-0.4, -0.2) is 24.0 Å². The molecular formula is C13H12O4. The minimum atomic E-state index is -0.428. The van der Waals surface area contributed by atoms with E-state index in [-0.39, 0.29) is 17.7 Å². The van der Waals surface area contributed by atoms with Gasteiger partial charge in [-0.25, -0.2) is 0 Å². The predicted molar refractivity (Wildman–Crippen MR) is 61.6 cm³/mol. The van der Waals surface area contributed by atoms with Gasteiger partial charge in [0.15, 0.2) is 6.29 Å². The molecule has 0 aliphatic rings. The number of benzene rings is 1. The SMILES string of the molecule is CCOC(=O)CC#Cc1c(O)cccc1C=O. The molecule has 0 atom stereocenters. The lowest BCUT2D eigenvalue weighted by molar-refractivity contribution is -0.141. The Morgan fingerprint density at radius 3 is 2.94 bits per heavy atom. The Kier molecular flexibility index (Phi) is 4.77. The number of aromatic hydroxyl groups is 1. The van der Waals surface area contributed by atoms with Gasteiger partial charge in [-0.2, -0.15) is 0 Å². The van der Waals surface area contributed by atoms with Crippen LogP contribution in [0, 0.1) is 11.8 Å². The molecule has 0 spiro atoms. The van der Waals surface area contributed by atoms with Gasteiger partial charge >= 0.3 is 5.97 Å². The monoisotopic (exact) mass is 232 g/mol.